The molecule has 14 heavy (non-hydrogen) atoms. The monoisotopic (exact) mass is 279 g/mol. The highest BCUT2D eigenvalue weighted by atomic mass is 79.9. The number of aromatic hydroxyl groups is 1. The second kappa shape index (κ2) is 4.49. The molecule has 0 radical (unpaired) electrons. The van der Waals surface area contributed by atoms with Crippen molar-refractivity contribution in [3.63, 3.8) is 0 Å². The minimum absolute atomic E-state index is 0.0165. The van der Waals surface area contributed by atoms with Crippen LogP contribution in [0.5, 0.6) is 5.75 Å². The first-order valence-corrected chi connectivity index (χ1v) is 5.22. The molecular weight excluding hydrogens is 269 g/mol. The van der Waals surface area contributed by atoms with Gasteiger partial charge in [0.1, 0.15) is 5.75 Å². The molecule has 0 fully saturated rings. The first-order chi connectivity index (χ1) is 6.43. The van der Waals surface area contributed by atoms with Gasteiger partial charge in [-0.05, 0) is 35.0 Å². The number of phenols is 1. The Kier molecular flexibility index (Phi) is 3.78. The van der Waals surface area contributed by atoms with E-state index in [1.807, 2.05) is 0 Å². The van der Waals surface area contributed by atoms with Crippen LogP contribution in [0.2, 0.25) is 5.02 Å². The van der Waals surface area contributed by atoms with Crippen LogP contribution >= 0.6 is 27.5 Å². The van der Waals surface area contributed by atoms with Gasteiger partial charge in [-0.15, -0.1) is 0 Å². The molecule has 0 aromatic heterocycles. The molecule has 1 aromatic carbocycles. The lowest BCUT2D eigenvalue weighted by Gasteiger charge is -2.17. The summed E-state index contributed by atoms with van der Waals surface area (Å²) in [5, 5.41) is 19.4. The molecule has 78 valence electrons. The van der Waals surface area contributed by atoms with Gasteiger partial charge in [0, 0.05) is 10.6 Å². The van der Waals surface area contributed by atoms with Gasteiger partial charge in [0.2, 0.25) is 0 Å². The third-order valence-corrected chi connectivity index (χ3v) is 2.76. The summed E-state index contributed by atoms with van der Waals surface area (Å²) in [4.78, 5) is 0. The maximum absolute atomic E-state index is 9.64. The molecule has 4 N–H and O–H groups in total. The van der Waals surface area contributed by atoms with Crippen LogP contribution in [0.4, 0.5) is 0 Å². The fourth-order valence-corrected chi connectivity index (χ4v) is 1.93. The number of benzene rings is 1. The number of hydrogen-bond acceptors (Lipinski definition) is 3. The van der Waals surface area contributed by atoms with Gasteiger partial charge in [-0.1, -0.05) is 11.6 Å². The van der Waals surface area contributed by atoms with Gasteiger partial charge in [0.25, 0.3) is 0 Å². The molecule has 0 saturated carbocycles. The molecule has 3 nitrogen and oxygen atoms in total. The number of halogens is 2. The van der Waals surface area contributed by atoms with Gasteiger partial charge in [-0.25, -0.2) is 0 Å². The van der Waals surface area contributed by atoms with Crippen molar-refractivity contribution in [3.05, 3.63) is 27.2 Å². The first-order valence-electron chi connectivity index (χ1n) is 4.05. The first kappa shape index (κ1) is 11.8. The van der Waals surface area contributed by atoms with E-state index in [1.54, 1.807) is 19.1 Å². The largest absolute Gasteiger partial charge is 0.506 e. The van der Waals surface area contributed by atoms with Crippen LogP contribution in [0.25, 0.3) is 0 Å². The van der Waals surface area contributed by atoms with Gasteiger partial charge in [-0.3, -0.25) is 0 Å². The predicted octanol–water partition coefficient (Wildman–Crippen LogP) is 2.19. The van der Waals surface area contributed by atoms with Crippen LogP contribution in [0.1, 0.15) is 18.5 Å². The van der Waals surface area contributed by atoms with Crippen LogP contribution in [-0.4, -0.2) is 16.3 Å². The third kappa shape index (κ3) is 2.39. The Labute approximate surface area is 95.6 Å². The smallest absolute Gasteiger partial charge is 0.134 e. The second-order valence-corrected chi connectivity index (χ2v) is 4.38. The molecule has 0 amide bonds. The summed E-state index contributed by atoms with van der Waals surface area (Å²) < 4.78 is 0.469. The van der Waals surface area contributed by atoms with E-state index < -0.39 is 12.1 Å². The van der Waals surface area contributed by atoms with E-state index >= 15 is 0 Å². The normalized spacial score (nSPS) is 15.2. The number of hydrogen-bond donors (Lipinski definition) is 3. The Balaban J connectivity index is 3.20. The molecule has 5 heteroatoms. The quantitative estimate of drug-likeness (QED) is 0.778. The molecule has 0 heterocycles. The topological polar surface area (TPSA) is 66.5 Å². The van der Waals surface area contributed by atoms with Crippen LogP contribution < -0.4 is 5.73 Å². The Bertz CT molecular complexity index is 344. The molecular formula is C9H11BrClNO2. The lowest BCUT2D eigenvalue weighted by Crippen LogP contribution is -2.23. The second-order valence-electron chi connectivity index (χ2n) is 3.09. The summed E-state index contributed by atoms with van der Waals surface area (Å²) in [7, 11) is 0. The van der Waals surface area contributed by atoms with Gasteiger partial charge in [0.05, 0.1) is 16.6 Å². The number of nitrogens with two attached hydrogens (primary N) is 1. The Morgan fingerprint density at radius 3 is 2.57 bits per heavy atom. The number of aliphatic hydroxyl groups is 1. The lowest BCUT2D eigenvalue weighted by molar-refractivity contribution is 0.163. The van der Waals surface area contributed by atoms with Crippen LogP contribution in [0.3, 0.4) is 0 Å². The van der Waals surface area contributed by atoms with E-state index in [-0.39, 0.29) is 5.75 Å². The van der Waals surface area contributed by atoms with Crippen molar-refractivity contribution in [2.24, 2.45) is 5.73 Å². The molecule has 0 spiro atoms. The zero-order valence-electron chi connectivity index (χ0n) is 7.54. The van der Waals surface area contributed by atoms with E-state index in [9.17, 15) is 10.2 Å². The van der Waals surface area contributed by atoms with E-state index in [4.69, 9.17) is 17.3 Å². The van der Waals surface area contributed by atoms with E-state index in [1.165, 1.54) is 0 Å². The molecule has 1 aromatic rings. The molecule has 0 unspecified atom stereocenters. The van der Waals surface area contributed by atoms with Crippen LogP contribution in [0, 0.1) is 0 Å². The maximum atomic E-state index is 9.64. The SMILES string of the molecule is C[C@@H](O)[C@@H](N)c1cc(Cl)cc(Br)c1O. The summed E-state index contributed by atoms with van der Waals surface area (Å²) in [5.41, 5.74) is 6.12. The van der Waals surface area contributed by atoms with Crippen molar-refractivity contribution < 1.29 is 10.2 Å². The van der Waals surface area contributed by atoms with Crippen molar-refractivity contribution in [2.45, 2.75) is 19.1 Å². The number of rotatable bonds is 2. The Morgan fingerprint density at radius 2 is 2.07 bits per heavy atom. The highest BCUT2D eigenvalue weighted by Gasteiger charge is 2.18. The molecule has 0 saturated heterocycles. The summed E-state index contributed by atoms with van der Waals surface area (Å²) >= 11 is 8.94. The predicted molar refractivity (Wildman–Crippen MR) is 59.4 cm³/mol. The van der Waals surface area contributed by atoms with Crippen molar-refractivity contribution >= 4 is 27.5 Å². The lowest BCUT2D eigenvalue weighted by atomic mass is 10.0. The van der Waals surface area contributed by atoms with Crippen molar-refractivity contribution in [1.29, 1.82) is 0 Å². The number of phenolic OH excluding ortho intramolecular Hbond substituents is 1. The third-order valence-electron chi connectivity index (χ3n) is 1.94. The van der Waals surface area contributed by atoms with E-state index in [0.717, 1.165) is 0 Å². The van der Waals surface area contributed by atoms with E-state index in [2.05, 4.69) is 15.9 Å². The van der Waals surface area contributed by atoms with Crippen LogP contribution in [0.15, 0.2) is 16.6 Å². The molecule has 2 atom stereocenters. The van der Waals surface area contributed by atoms with Gasteiger partial charge in [-0.2, -0.15) is 0 Å². The Hall–Kier alpha value is -0.290. The standard InChI is InChI=1S/C9H11BrClNO2/c1-4(13)8(12)6-2-5(11)3-7(10)9(6)14/h2-4,8,13-14H,12H2,1H3/t4-,8-/m1/s1. The average Bonchev–Trinajstić information content (AvgIpc) is 2.09. The van der Waals surface area contributed by atoms with E-state index in [0.29, 0.717) is 15.1 Å². The van der Waals surface area contributed by atoms with Crippen molar-refractivity contribution in [2.75, 3.05) is 0 Å². The van der Waals surface area contributed by atoms with Gasteiger partial charge < -0.3 is 15.9 Å². The fourth-order valence-electron chi connectivity index (χ4n) is 1.10. The van der Waals surface area contributed by atoms with Gasteiger partial charge >= 0.3 is 0 Å². The maximum Gasteiger partial charge on any atom is 0.134 e. The fraction of sp³-hybridized carbons (Fsp3) is 0.333. The van der Waals surface area contributed by atoms with Crippen molar-refractivity contribution in [1.82, 2.24) is 0 Å². The molecule has 0 aliphatic heterocycles. The summed E-state index contributed by atoms with van der Waals surface area (Å²) in [6.07, 6.45) is -0.744. The average molecular weight is 281 g/mol. The molecule has 1 rings (SSSR count). The zero-order chi connectivity index (χ0) is 10.9. The summed E-state index contributed by atoms with van der Waals surface area (Å²) in [6, 6.07) is 2.46. The highest BCUT2D eigenvalue weighted by molar-refractivity contribution is 9.10. The minimum atomic E-state index is -0.744. The minimum Gasteiger partial charge on any atom is -0.506 e. The van der Waals surface area contributed by atoms with Gasteiger partial charge in [0.15, 0.2) is 0 Å². The van der Waals surface area contributed by atoms with Crippen molar-refractivity contribution in [3.8, 4) is 5.75 Å². The highest BCUT2D eigenvalue weighted by Crippen LogP contribution is 2.35. The van der Waals surface area contributed by atoms with Crippen LogP contribution in [-0.2, 0) is 0 Å². The number of aliphatic hydroxyl groups excluding tert-OH is 1. The molecule has 0 bridgehead atoms. The summed E-state index contributed by atoms with van der Waals surface area (Å²) in [6.45, 7) is 1.55. The molecule has 0 aliphatic carbocycles. The zero-order valence-corrected chi connectivity index (χ0v) is 9.88. The molecule has 0 aliphatic rings. The summed E-state index contributed by atoms with van der Waals surface area (Å²) in [5.74, 6) is 0.0165. The Morgan fingerprint density at radius 1 is 1.50 bits per heavy atom.